The lowest BCUT2D eigenvalue weighted by Gasteiger charge is -2.12. The molecule has 2 heterocycles. The number of carboxylic acid groups (broad SMARTS) is 1. The molecule has 0 aliphatic heterocycles. The van der Waals surface area contributed by atoms with Crippen LogP contribution in [-0.2, 0) is 13.1 Å². The average molecular weight is 597 g/mol. The van der Waals surface area contributed by atoms with E-state index < -0.39 is 34.5 Å². The van der Waals surface area contributed by atoms with E-state index in [0.29, 0.717) is 22.4 Å². The highest BCUT2D eigenvalue weighted by molar-refractivity contribution is 6.02. The smallest absolute Gasteiger partial charge is 0.335 e. The third-order valence-corrected chi connectivity index (χ3v) is 6.77. The molecule has 8 N–H and O–H groups in total. The van der Waals surface area contributed by atoms with Gasteiger partial charge < -0.3 is 32.5 Å². The Balaban J connectivity index is 1.36. The summed E-state index contributed by atoms with van der Waals surface area (Å²) in [6.07, 6.45) is 1.14. The fourth-order valence-corrected chi connectivity index (χ4v) is 4.47. The van der Waals surface area contributed by atoms with E-state index in [0.717, 1.165) is 10.7 Å². The summed E-state index contributed by atoms with van der Waals surface area (Å²) < 4.78 is 1.09. The van der Waals surface area contributed by atoms with Crippen LogP contribution in [0.4, 0.5) is 17.1 Å². The molecule has 3 amide bonds. The van der Waals surface area contributed by atoms with Crippen LogP contribution in [0.25, 0.3) is 5.65 Å². The molecule has 5 rings (SSSR count). The Hall–Kier alpha value is -6.38. The zero-order valence-electron chi connectivity index (χ0n) is 23.0. The minimum atomic E-state index is -1.07. The van der Waals surface area contributed by atoms with Gasteiger partial charge in [-0.15, -0.1) is 0 Å². The molecule has 0 atom stereocenters. The van der Waals surface area contributed by atoms with Gasteiger partial charge in [0.15, 0.2) is 5.65 Å². The highest BCUT2D eigenvalue weighted by atomic mass is 16.4. The van der Waals surface area contributed by atoms with Crippen molar-refractivity contribution in [3.63, 3.8) is 0 Å². The molecule has 15 nitrogen and oxygen atoms in total. The monoisotopic (exact) mass is 596 g/mol. The van der Waals surface area contributed by atoms with E-state index >= 15 is 0 Å². The topological polar surface area (TPSA) is 241 Å². The van der Waals surface area contributed by atoms with Crippen molar-refractivity contribution in [2.24, 2.45) is 5.73 Å². The van der Waals surface area contributed by atoms with Gasteiger partial charge in [0.25, 0.3) is 28.6 Å². The number of carboxylic acids is 1. The van der Waals surface area contributed by atoms with Crippen molar-refractivity contribution in [3.05, 3.63) is 114 Å². The number of aryl methyl sites for hydroxylation is 1. The third-order valence-electron chi connectivity index (χ3n) is 6.77. The molecule has 0 saturated heterocycles. The van der Waals surface area contributed by atoms with Crippen LogP contribution in [0.1, 0.15) is 58.4 Å². The number of nitrogens with two attached hydrogens (primary N) is 2. The van der Waals surface area contributed by atoms with Gasteiger partial charge in [0, 0.05) is 24.8 Å². The summed E-state index contributed by atoms with van der Waals surface area (Å²) in [7, 11) is 0. The minimum absolute atomic E-state index is 0.00230. The lowest BCUT2D eigenvalue weighted by molar-refractivity contribution is 0.0695. The van der Waals surface area contributed by atoms with Gasteiger partial charge in [0.1, 0.15) is 28.3 Å². The van der Waals surface area contributed by atoms with Crippen molar-refractivity contribution in [1.29, 1.82) is 0 Å². The van der Waals surface area contributed by atoms with Crippen molar-refractivity contribution >= 4 is 46.4 Å². The van der Waals surface area contributed by atoms with Gasteiger partial charge in [-0.1, -0.05) is 24.3 Å². The molecular formula is C29H24N8O7. The van der Waals surface area contributed by atoms with Crippen molar-refractivity contribution in [3.8, 4) is 0 Å². The molecule has 0 fully saturated rings. The summed E-state index contributed by atoms with van der Waals surface area (Å²) >= 11 is 0. The molecule has 0 saturated carbocycles. The maximum Gasteiger partial charge on any atom is 0.335 e. The molecule has 222 valence electrons. The van der Waals surface area contributed by atoms with Gasteiger partial charge in [0.2, 0.25) is 0 Å². The Morgan fingerprint density at radius 3 is 2.27 bits per heavy atom. The fourth-order valence-electron chi connectivity index (χ4n) is 4.47. The van der Waals surface area contributed by atoms with Gasteiger partial charge in [-0.2, -0.15) is 5.10 Å². The van der Waals surface area contributed by atoms with Gasteiger partial charge >= 0.3 is 5.97 Å². The fraction of sp³-hybridized carbons (Fsp3) is 0.103. The van der Waals surface area contributed by atoms with E-state index in [1.165, 1.54) is 12.1 Å². The van der Waals surface area contributed by atoms with Crippen molar-refractivity contribution < 1.29 is 24.3 Å². The first-order valence-corrected chi connectivity index (χ1v) is 13.0. The molecule has 0 aliphatic carbocycles. The number of aromatic carboxylic acids is 1. The third kappa shape index (κ3) is 5.56. The number of primary amides is 1. The normalized spacial score (nSPS) is 10.9. The van der Waals surface area contributed by atoms with Crippen molar-refractivity contribution in [2.75, 3.05) is 11.1 Å². The molecular weight excluding hydrogens is 572 g/mol. The van der Waals surface area contributed by atoms with E-state index in [4.69, 9.17) is 11.5 Å². The predicted molar refractivity (Wildman–Crippen MR) is 157 cm³/mol. The summed E-state index contributed by atoms with van der Waals surface area (Å²) in [5.41, 5.74) is 11.2. The highest BCUT2D eigenvalue weighted by Crippen LogP contribution is 2.20. The number of amides is 3. The van der Waals surface area contributed by atoms with Crippen LogP contribution in [0.5, 0.6) is 0 Å². The van der Waals surface area contributed by atoms with Crippen LogP contribution in [0.2, 0.25) is 0 Å². The second kappa shape index (κ2) is 11.5. The first-order chi connectivity index (χ1) is 20.9. The van der Waals surface area contributed by atoms with Gasteiger partial charge in [0.05, 0.1) is 11.8 Å². The number of carbonyl (C=O) groups excluding carboxylic acids is 3. The number of hydrogen-bond acceptors (Lipinski definition) is 10. The van der Waals surface area contributed by atoms with Crippen molar-refractivity contribution in [2.45, 2.75) is 20.0 Å². The molecule has 0 aliphatic rings. The van der Waals surface area contributed by atoms with Crippen LogP contribution in [-0.4, -0.2) is 43.4 Å². The van der Waals surface area contributed by atoms with Gasteiger partial charge in [-0.3, -0.25) is 24.0 Å². The number of fused-ring (bicyclic) bond motifs is 1. The Morgan fingerprint density at radius 2 is 1.61 bits per heavy atom. The first kappa shape index (κ1) is 29.1. The highest BCUT2D eigenvalue weighted by Gasteiger charge is 2.22. The van der Waals surface area contributed by atoms with Crippen LogP contribution in [0.3, 0.4) is 0 Å². The van der Waals surface area contributed by atoms with E-state index in [2.05, 4.69) is 26.0 Å². The molecule has 0 radical (unpaired) electrons. The zero-order valence-corrected chi connectivity index (χ0v) is 23.0. The summed E-state index contributed by atoms with van der Waals surface area (Å²) in [6, 6.07) is 12.5. The minimum Gasteiger partial charge on any atom is -0.478 e. The molecule has 2 aromatic heterocycles. The van der Waals surface area contributed by atoms with Crippen LogP contribution in [0, 0.1) is 6.92 Å². The second-order valence-electron chi connectivity index (χ2n) is 9.78. The SMILES string of the molecule is Cc1cc(CNC(=O)c2cc(C(=O)NCc3cccc(Nc4c(N)c(=O)c4=O)c3)n3ncc(C(N)=O)c3n2)ccc1C(=O)O. The lowest BCUT2D eigenvalue weighted by Crippen LogP contribution is -2.36. The maximum absolute atomic E-state index is 13.3. The van der Waals surface area contributed by atoms with E-state index in [-0.39, 0.29) is 52.6 Å². The van der Waals surface area contributed by atoms with Gasteiger partial charge in [-0.05, 0) is 41.8 Å². The Bertz CT molecular complexity index is 2070. The number of nitrogen functional groups attached to an aromatic ring is 1. The van der Waals surface area contributed by atoms with E-state index in [1.54, 1.807) is 43.3 Å². The summed E-state index contributed by atoms with van der Waals surface area (Å²) in [5.74, 6) is -3.26. The average Bonchev–Trinajstić information content (AvgIpc) is 3.45. The van der Waals surface area contributed by atoms with Crippen LogP contribution < -0.4 is 38.3 Å². The lowest BCUT2D eigenvalue weighted by atomic mass is 10.1. The number of anilines is 3. The van der Waals surface area contributed by atoms with Crippen molar-refractivity contribution in [1.82, 2.24) is 25.2 Å². The molecule has 3 aromatic carbocycles. The molecule has 5 aromatic rings. The second-order valence-corrected chi connectivity index (χ2v) is 9.78. The largest absolute Gasteiger partial charge is 0.478 e. The van der Waals surface area contributed by atoms with Gasteiger partial charge in [-0.25, -0.2) is 14.3 Å². The van der Waals surface area contributed by atoms with E-state index in [1.807, 2.05) is 0 Å². The summed E-state index contributed by atoms with van der Waals surface area (Å²) in [6.45, 7) is 1.68. The molecule has 0 spiro atoms. The summed E-state index contributed by atoms with van der Waals surface area (Å²) in [5, 5.41) is 21.5. The first-order valence-electron chi connectivity index (χ1n) is 13.0. The molecule has 0 bridgehead atoms. The molecule has 44 heavy (non-hydrogen) atoms. The number of benzene rings is 2. The number of carbonyl (C=O) groups is 4. The maximum atomic E-state index is 13.3. The number of nitrogens with one attached hydrogen (secondary N) is 3. The quantitative estimate of drug-likeness (QED) is 0.122. The molecule has 0 unspecified atom stereocenters. The van der Waals surface area contributed by atoms with E-state index in [9.17, 15) is 33.9 Å². The number of aromatic nitrogens is 3. The number of rotatable bonds is 10. The Kier molecular flexibility index (Phi) is 7.60. The molecule has 15 heteroatoms. The zero-order chi connectivity index (χ0) is 31.7. The predicted octanol–water partition coefficient (Wildman–Crippen LogP) is 0.617. The Morgan fingerprint density at radius 1 is 0.909 bits per heavy atom. The Labute approximate surface area is 247 Å². The summed E-state index contributed by atoms with van der Waals surface area (Å²) in [4.78, 5) is 77.0. The standard InChI is InChI=1S/C29H24N8O7/c1-13-7-15(5-6-17(13)29(43)44)11-32-27(41)19-9-20(37-26(36-19)18(12-34-37)25(31)40)28(42)33-10-14-3-2-4-16(8-14)35-22-21(30)23(38)24(22)39/h2-9,12,35H,10-11,30H2,1H3,(H2,31,40)(H,32,41)(H,33,42)(H,43,44). The number of nitrogens with zero attached hydrogens (tertiary/aromatic N) is 3. The van der Waals surface area contributed by atoms with Crippen LogP contribution >= 0.6 is 0 Å². The number of hydrogen-bond donors (Lipinski definition) is 6. The van der Waals surface area contributed by atoms with Crippen LogP contribution in [0.15, 0.2) is 64.3 Å².